The Balaban J connectivity index is 1.55. The van der Waals surface area contributed by atoms with Gasteiger partial charge < -0.3 is 5.11 Å². The number of aliphatic hydroxyl groups excluding tert-OH is 1. The van der Waals surface area contributed by atoms with Crippen LogP contribution in [0.2, 0.25) is 0 Å². The Bertz CT molecular complexity index is 432. The molecule has 4 aliphatic rings. The maximum atomic E-state index is 9.26. The third kappa shape index (κ3) is 2.43. The Labute approximate surface area is 143 Å². The number of rotatable bonds is 3. The highest BCUT2D eigenvalue weighted by Crippen LogP contribution is 2.67. The van der Waals surface area contributed by atoms with Crippen LogP contribution in [-0.2, 0) is 0 Å². The van der Waals surface area contributed by atoms with Gasteiger partial charge >= 0.3 is 0 Å². The number of fused-ring (bicyclic) bond motifs is 5. The van der Waals surface area contributed by atoms with E-state index < -0.39 is 0 Å². The molecule has 0 heterocycles. The van der Waals surface area contributed by atoms with Gasteiger partial charge in [-0.05, 0) is 105 Å². The van der Waals surface area contributed by atoms with Crippen LogP contribution >= 0.6 is 0 Å². The van der Waals surface area contributed by atoms with E-state index in [1.54, 1.807) is 0 Å². The molecule has 1 nitrogen and oxygen atoms in total. The molecule has 0 spiro atoms. The van der Waals surface area contributed by atoms with Crippen molar-refractivity contribution in [1.82, 2.24) is 0 Å². The smallest absolute Gasteiger partial charge is 0.0431 e. The number of hydrogen-bond donors (Lipinski definition) is 1. The summed E-state index contributed by atoms with van der Waals surface area (Å²) in [6.07, 6.45) is 17.4. The fourth-order valence-electron chi connectivity index (χ4n) is 8.22. The van der Waals surface area contributed by atoms with Crippen molar-refractivity contribution in [2.45, 2.75) is 90.9 Å². The van der Waals surface area contributed by atoms with Crippen molar-refractivity contribution in [1.29, 1.82) is 0 Å². The van der Waals surface area contributed by atoms with Gasteiger partial charge in [-0.1, -0.05) is 26.7 Å². The van der Waals surface area contributed by atoms with Crippen LogP contribution in [0.3, 0.4) is 0 Å². The maximum Gasteiger partial charge on any atom is 0.0431 e. The van der Waals surface area contributed by atoms with Crippen LogP contribution in [0.4, 0.5) is 0 Å². The second-order valence-corrected chi connectivity index (χ2v) is 10.1. The summed E-state index contributed by atoms with van der Waals surface area (Å²) in [6.45, 7) is 5.72. The molecule has 0 saturated heterocycles. The van der Waals surface area contributed by atoms with E-state index in [9.17, 15) is 5.11 Å². The highest BCUT2D eigenvalue weighted by molar-refractivity contribution is 5.08. The lowest BCUT2D eigenvalue weighted by Crippen LogP contribution is -2.52. The van der Waals surface area contributed by atoms with Crippen molar-refractivity contribution in [2.24, 2.45) is 40.4 Å². The molecule has 4 fully saturated rings. The van der Waals surface area contributed by atoms with Crippen molar-refractivity contribution in [3.63, 3.8) is 0 Å². The van der Waals surface area contributed by atoms with E-state index in [1.165, 1.54) is 70.6 Å². The summed E-state index contributed by atoms with van der Waals surface area (Å²) in [7, 11) is 0. The summed E-state index contributed by atoms with van der Waals surface area (Å²) in [5.41, 5.74) is 1.29. The Hall–Kier alpha value is -0.0400. The van der Waals surface area contributed by atoms with Gasteiger partial charge in [0.15, 0.2) is 0 Å². The third-order valence-electron chi connectivity index (χ3n) is 9.49. The normalized spacial score (nSPS) is 52.6. The molecule has 0 aliphatic heterocycles. The summed E-state index contributed by atoms with van der Waals surface area (Å²) >= 11 is 0. The van der Waals surface area contributed by atoms with E-state index in [1.807, 2.05) is 0 Å². The fourth-order valence-corrected chi connectivity index (χ4v) is 8.22. The molecule has 23 heavy (non-hydrogen) atoms. The molecule has 1 unspecified atom stereocenters. The van der Waals surface area contributed by atoms with Gasteiger partial charge in [0.25, 0.3) is 0 Å². The van der Waals surface area contributed by atoms with Crippen LogP contribution in [0.25, 0.3) is 0 Å². The van der Waals surface area contributed by atoms with Crippen molar-refractivity contribution >= 4 is 0 Å². The molecule has 0 amide bonds. The van der Waals surface area contributed by atoms with E-state index >= 15 is 0 Å². The summed E-state index contributed by atoms with van der Waals surface area (Å²) in [4.78, 5) is 0. The summed E-state index contributed by atoms with van der Waals surface area (Å²) in [5, 5.41) is 9.26. The van der Waals surface area contributed by atoms with E-state index in [0.29, 0.717) is 17.4 Å². The van der Waals surface area contributed by atoms with Crippen LogP contribution in [0.5, 0.6) is 0 Å². The van der Waals surface area contributed by atoms with Gasteiger partial charge in [-0.3, -0.25) is 0 Å². The summed E-state index contributed by atoms with van der Waals surface area (Å²) < 4.78 is 0. The molecule has 0 aromatic carbocycles. The number of aliphatic hydroxyl groups is 1. The molecule has 0 radical (unpaired) electrons. The molecule has 0 bridgehead atoms. The highest BCUT2D eigenvalue weighted by Gasteiger charge is 2.59. The van der Waals surface area contributed by atoms with Gasteiger partial charge in [0.1, 0.15) is 0 Å². The first-order valence-corrected chi connectivity index (χ1v) is 10.7. The van der Waals surface area contributed by atoms with Crippen molar-refractivity contribution in [2.75, 3.05) is 6.61 Å². The first kappa shape index (κ1) is 16.4. The van der Waals surface area contributed by atoms with E-state index in [0.717, 1.165) is 36.0 Å². The Morgan fingerprint density at radius 3 is 2.48 bits per heavy atom. The van der Waals surface area contributed by atoms with Crippen molar-refractivity contribution in [3.05, 3.63) is 0 Å². The monoisotopic (exact) mass is 318 g/mol. The van der Waals surface area contributed by atoms with Gasteiger partial charge in [0.05, 0.1) is 0 Å². The van der Waals surface area contributed by atoms with Gasteiger partial charge in [-0.15, -0.1) is 0 Å². The molecule has 1 heteroatoms. The largest absolute Gasteiger partial charge is 0.396 e. The molecule has 7 atom stereocenters. The lowest BCUT2D eigenvalue weighted by Gasteiger charge is -2.60. The van der Waals surface area contributed by atoms with Crippen LogP contribution < -0.4 is 0 Å². The maximum absolute atomic E-state index is 9.26. The zero-order valence-corrected chi connectivity index (χ0v) is 15.5. The second kappa shape index (κ2) is 6.04. The van der Waals surface area contributed by atoms with E-state index in [2.05, 4.69) is 13.8 Å². The Kier molecular flexibility index (Phi) is 4.32. The molecule has 0 aromatic rings. The summed E-state index contributed by atoms with van der Waals surface area (Å²) in [5.74, 6) is 5.03. The predicted molar refractivity (Wildman–Crippen MR) is 96.2 cm³/mol. The molecular weight excluding hydrogens is 280 g/mol. The molecular formula is C22H38O. The van der Waals surface area contributed by atoms with Crippen LogP contribution in [0.15, 0.2) is 0 Å². The van der Waals surface area contributed by atoms with E-state index in [-0.39, 0.29) is 0 Å². The summed E-state index contributed by atoms with van der Waals surface area (Å²) in [6, 6.07) is 0. The minimum Gasteiger partial charge on any atom is -0.396 e. The lowest BCUT2D eigenvalue weighted by molar-refractivity contribution is -0.111. The fraction of sp³-hybridized carbons (Fsp3) is 1.00. The Morgan fingerprint density at radius 1 is 0.826 bits per heavy atom. The van der Waals surface area contributed by atoms with Crippen LogP contribution in [-0.4, -0.2) is 11.7 Å². The molecule has 4 saturated carbocycles. The standard InChI is InChI=1S/C22H38O/c1-21-13-4-3-6-16(21)8-10-18-19-11-9-17(7-5-15-23)22(19,2)14-12-20(18)21/h16-20,23H,3-15H2,1-2H3/t16?,17-,18-,19-,20-,21-,22+/m0/s1. The SMILES string of the molecule is C[C@]12CC[C@H]3[C@@H](CCC4CCCC[C@@]43C)[C@@H]1CC[C@@H]2CCCO. The zero-order valence-electron chi connectivity index (χ0n) is 15.5. The average Bonchev–Trinajstić information content (AvgIpc) is 2.89. The van der Waals surface area contributed by atoms with Crippen LogP contribution in [0.1, 0.15) is 90.9 Å². The second-order valence-electron chi connectivity index (χ2n) is 10.1. The minimum atomic E-state index is 0.392. The van der Waals surface area contributed by atoms with Gasteiger partial charge in [0, 0.05) is 6.61 Å². The van der Waals surface area contributed by atoms with E-state index in [4.69, 9.17) is 0 Å². The molecule has 0 aromatic heterocycles. The zero-order chi connectivity index (χ0) is 16.1. The predicted octanol–water partition coefficient (Wildman–Crippen LogP) is 5.81. The van der Waals surface area contributed by atoms with Crippen molar-refractivity contribution < 1.29 is 5.11 Å². The van der Waals surface area contributed by atoms with Crippen LogP contribution in [0, 0.1) is 40.4 Å². The average molecular weight is 319 g/mol. The highest BCUT2D eigenvalue weighted by atomic mass is 16.2. The van der Waals surface area contributed by atoms with Crippen molar-refractivity contribution in [3.8, 4) is 0 Å². The third-order valence-corrected chi connectivity index (χ3v) is 9.49. The first-order chi connectivity index (χ1) is 11.1. The van der Waals surface area contributed by atoms with Gasteiger partial charge in [-0.25, -0.2) is 0 Å². The molecule has 1 N–H and O–H groups in total. The molecule has 132 valence electrons. The lowest BCUT2D eigenvalue weighted by atomic mass is 9.45. The van der Waals surface area contributed by atoms with Gasteiger partial charge in [0.2, 0.25) is 0 Å². The minimum absolute atomic E-state index is 0.392. The topological polar surface area (TPSA) is 20.2 Å². The quantitative estimate of drug-likeness (QED) is 0.696. The van der Waals surface area contributed by atoms with Gasteiger partial charge in [-0.2, -0.15) is 0 Å². The Morgan fingerprint density at radius 2 is 1.65 bits per heavy atom. The molecule has 4 aliphatic carbocycles. The molecule has 4 rings (SSSR count). The number of hydrogen-bond acceptors (Lipinski definition) is 1. The first-order valence-electron chi connectivity index (χ1n) is 10.7.